The first-order valence-electron chi connectivity index (χ1n) is 9.80. The molecule has 3 N–H and O–H groups in total. The van der Waals surface area contributed by atoms with Crippen LogP contribution in [0.1, 0.15) is 51.0 Å². The lowest BCUT2D eigenvalue weighted by atomic mass is 9.69. The zero-order chi connectivity index (χ0) is 17.8. The van der Waals surface area contributed by atoms with Gasteiger partial charge in [-0.15, -0.1) is 12.4 Å². The molecule has 1 unspecified atom stereocenters. The molecule has 1 saturated carbocycles. The summed E-state index contributed by atoms with van der Waals surface area (Å²) in [6.45, 7) is 6.09. The SMILES string of the molecule is CC1(CN)CCN(CC(=O)NCC2(c3ccccc3)CCCCC2)C1.Cl. The van der Waals surface area contributed by atoms with Gasteiger partial charge in [-0.1, -0.05) is 56.5 Å². The van der Waals surface area contributed by atoms with Gasteiger partial charge in [-0.25, -0.2) is 0 Å². The molecule has 0 bridgehead atoms. The van der Waals surface area contributed by atoms with Crippen molar-refractivity contribution in [1.29, 1.82) is 0 Å². The van der Waals surface area contributed by atoms with Gasteiger partial charge in [0.1, 0.15) is 0 Å². The average Bonchev–Trinajstić information content (AvgIpc) is 3.03. The Morgan fingerprint density at radius 1 is 1.15 bits per heavy atom. The van der Waals surface area contributed by atoms with E-state index in [4.69, 9.17) is 5.73 Å². The molecule has 1 amide bonds. The van der Waals surface area contributed by atoms with Crippen LogP contribution < -0.4 is 11.1 Å². The van der Waals surface area contributed by atoms with E-state index in [1.54, 1.807) is 0 Å². The first-order chi connectivity index (χ1) is 12.1. The molecular weight excluding hydrogens is 346 g/mol. The third-order valence-electron chi connectivity index (χ3n) is 6.32. The zero-order valence-electron chi connectivity index (χ0n) is 16.0. The minimum absolute atomic E-state index is 0. The highest BCUT2D eigenvalue weighted by molar-refractivity contribution is 5.85. The molecule has 2 fully saturated rings. The number of likely N-dealkylation sites (tertiary alicyclic amines) is 1. The van der Waals surface area contributed by atoms with E-state index in [9.17, 15) is 4.79 Å². The molecular formula is C21H34ClN3O. The van der Waals surface area contributed by atoms with E-state index >= 15 is 0 Å². The fourth-order valence-corrected chi connectivity index (χ4v) is 4.54. The Hall–Kier alpha value is -1.10. The standard InChI is InChI=1S/C21H33N3O.ClH/c1-20(15-22)12-13-24(17-20)14-19(25)23-16-21(10-6-3-7-11-21)18-8-4-2-5-9-18;/h2,4-5,8-9H,3,6-7,10-17,22H2,1H3,(H,23,25);1H. The van der Waals surface area contributed by atoms with Crippen molar-refractivity contribution in [2.24, 2.45) is 11.1 Å². The van der Waals surface area contributed by atoms with Gasteiger partial charge in [0.05, 0.1) is 6.54 Å². The second-order valence-electron chi connectivity index (χ2n) is 8.46. The molecule has 4 nitrogen and oxygen atoms in total. The number of hydrogen-bond donors (Lipinski definition) is 2. The van der Waals surface area contributed by atoms with E-state index in [-0.39, 0.29) is 29.1 Å². The predicted octanol–water partition coefficient (Wildman–Crippen LogP) is 3.10. The quantitative estimate of drug-likeness (QED) is 0.798. The lowest BCUT2D eigenvalue weighted by Gasteiger charge is -2.38. The van der Waals surface area contributed by atoms with Gasteiger partial charge in [-0.05, 0) is 43.3 Å². The summed E-state index contributed by atoms with van der Waals surface area (Å²) in [7, 11) is 0. The number of rotatable bonds is 6. The van der Waals surface area contributed by atoms with Crippen molar-refractivity contribution in [3.8, 4) is 0 Å². The van der Waals surface area contributed by atoms with Gasteiger partial charge in [-0.2, -0.15) is 0 Å². The van der Waals surface area contributed by atoms with E-state index in [0.29, 0.717) is 13.1 Å². The van der Waals surface area contributed by atoms with Crippen LogP contribution in [0.2, 0.25) is 0 Å². The number of carbonyl (C=O) groups is 1. The van der Waals surface area contributed by atoms with Crippen LogP contribution >= 0.6 is 12.4 Å². The van der Waals surface area contributed by atoms with Crippen LogP contribution in [0.5, 0.6) is 0 Å². The molecule has 1 aromatic carbocycles. The van der Waals surface area contributed by atoms with Gasteiger partial charge in [0.25, 0.3) is 0 Å². The average molecular weight is 380 g/mol. The Balaban J connectivity index is 0.00000243. The molecule has 3 rings (SSSR count). The molecule has 1 aliphatic carbocycles. The highest BCUT2D eigenvalue weighted by atomic mass is 35.5. The van der Waals surface area contributed by atoms with Crippen LogP contribution in [0.25, 0.3) is 0 Å². The molecule has 0 aromatic heterocycles. The minimum Gasteiger partial charge on any atom is -0.354 e. The summed E-state index contributed by atoms with van der Waals surface area (Å²) >= 11 is 0. The van der Waals surface area contributed by atoms with Gasteiger partial charge in [0.2, 0.25) is 5.91 Å². The van der Waals surface area contributed by atoms with Crippen LogP contribution in [-0.2, 0) is 10.2 Å². The lowest BCUT2D eigenvalue weighted by molar-refractivity contribution is -0.122. The zero-order valence-corrected chi connectivity index (χ0v) is 16.8. The molecule has 26 heavy (non-hydrogen) atoms. The molecule has 1 atom stereocenters. The second-order valence-corrected chi connectivity index (χ2v) is 8.46. The smallest absolute Gasteiger partial charge is 0.234 e. The molecule has 1 heterocycles. The van der Waals surface area contributed by atoms with Crippen molar-refractivity contribution in [3.63, 3.8) is 0 Å². The molecule has 1 saturated heterocycles. The lowest BCUT2D eigenvalue weighted by Crippen LogP contribution is -2.45. The maximum Gasteiger partial charge on any atom is 0.234 e. The summed E-state index contributed by atoms with van der Waals surface area (Å²) < 4.78 is 0. The second kappa shape index (κ2) is 9.20. The summed E-state index contributed by atoms with van der Waals surface area (Å²) in [4.78, 5) is 14.8. The summed E-state index contributed by atoms with van der Waals surface area (Å²) in [5.41, 5.74) is 7.55. The number of halogens is 1. The van der Waals surface area contributed by atoms with E-state index in [0.717, 1.165) is 26.1 Å². The number of nitrogens with two attached hydrogens (primary N) is 1. The minimum atomic E-state index is 0. The first-order valence-corrected chi connectivity index (χ1v) is 9.80. The van der Waals surface area contributed by atoms with Crippen LogP contribution in [-0.4, -0.2) is 43.5 Å². The third-order valence-corrected chi connectivity index (χ3v) is 6.32. The number of nitrogens with zero attached hydrogens (tertiary/aromatic N) is 1. The number of benzene rings is 1. The van der Waals surface area contributed by atoms with Gasteiger partial charge < -0.3 is 11.1 Å². The van der Waals surface area contributed by atoms with Crippen LogP contribution in [0.4, 0.5) is 0 Å². The fraction of sp³-hybridized carbons (Fsp3) is 0.667. The van der Waals surface area contributed by atoms with Gasteiger partial charge in [0, 0.05) is 18.5 Å². The van der Waals surface area contributed by atoms with Crippen molar-refractivity contribution in [2.75, 3.05) is 32.7 Å². The van der Waals surface area contributed by atoms with Crippen molar-refractivity contribution in [2.45, 2.75) is 50.9 Å². The van der Waals surface area contributed by atoms with Crippen molar-refractivity contribution in [3.05, 3.63) is 35.9 Å². The number of carbonyl (C=O) groups excluding carboxylic acids is 1. The molecule has 146 valence electrons. The van der Waals surface area contributed by atoms with Gasteiger partial charge in [0.15, 0.2) is 0 Å². The third kappa shape index (κ3) is 4.99. The van der Waals surface area contributed by atoms with Crippen LogP contribution in [0.15, 0.2) is 30.3 Å². The van der Waals surface area contributed by atoms with Crippen molar-refractivity contribution in [1.82, 2.24) is 10.2 Å². The van der Waals surface area contributed by atoms with Gasteiger partial charge >= 0.3 is 0 Å². The largest absolute Gasteiger partial charge is 0.354 e. The maximum atomic E-state index is 12.5. The fourth-order valence-electron chi connectivity index (χ4n) is 4.54. The Bertz CT molecular complexity index is 574. The highest BCUT2D eigenvalue weighted by Crippen LogP contribution is 2.39. The Morgan fingerprint density at radius 3 is 2.46 bits per heavy atom. The summed E-state index contributed by atoms with van der Waals surface area (Å²) in [6.07, 6.45) is 7.26. The van der Waals surface area contributed by atoms with Gasteiger partial charge in [-0.3, -0.25) is 9.69 Å². The normalized spacial score (nSPS) is 25.5. The van der Waals surface area contributed by atoms with E-state index in [1.165, 1.54) is 37.7 Å². The van der Waals surface area contributed by atoms with Crippen molar-refractivity contribution < 1.29 is 4.79 Å². The van der Waals surface area contributed by atoms with E-state index in [2.05, 4.69) is 47.5 Å². The topological polar surface area (TPSA) is 58.4 Å². The molecule has 1 aromatic rings. The van der Waals surface area contributed by atoms with Crippen LogP contribution in [0, 0.1) is 5.41 Å². The summed E-state index contributed by atoms with van der Waals surface area (Å²) in [6, 6.07) is 10.8. The highest BCUT2D eigenvalue weighted by Gasteiger charge is 2.35. The molecule has 1 aliphatic heterocycles. The van der Waals surface area contributed by atoms with E-state index in [1.807, 2.05) is 0 Å². The molecule has 5 heteroatoms. The first kappa shape index (κ1) is 21.2. The number of amides is 1. The van der Waals surface area contributed by atoms with E-state index < -0.39 is 0 Å². The maximum absolute atomic E-state index is 12.5. The Kier molecular flexibility index (Phi) is 7.51. The molecule has 0 radical (unpaired) electrons. The molecule has 0 spiro atoms. The monoisotopic (exact) mass is 379 g/mol. The van der Waals surface area contributed by atoms with Crippen LogP contribution in [0.3, 0.4) is 0 Å². The Morgan fingerprint density at radius 2 is 1.85 bits per heavy atom. The Labute approximate surface area is 164 Å². The predicted molar refractivity (Wildman–Crippen MR) is 110 cm³/mol. The summed E-state index contributed by atoms with van der Waals surface area (Å²) in [5, 5.41) is 3.25. The van der Waals surface area contributed by atoms with Crippen molar-refractivity contribution >= 4 is 18.3 Å². The number of hydrogen-bond acceptors (Lipinski definition) is 3. The number of nitrogens with one attached hydrogen (secondary N) is 1. The summed E-state index contributed by atoms with van der Waals surface area (Å²) in [5.74, 6) is 0.155. The molecule has 2 aliphatic rings.